The molecule has 0 radical (unpaired) electrons. The van der Waals surface area contributed by atoms with Crippen LogP contribution in [0.3, 0.4) is 0 Å². The topological polar surface area (TPSA) is 66.5 Å². The molecule has 0 aliphatic rings. The molecule has 0 bridgehead atoms. The minimum atomic E-state index is 0.400. The van der Waals surface area contributed by atoms with Gasteiger partial charge in [0.1, 0.15) is 11.9 Å². The minimum Gasteiger partial charge on any atom is -0.373 e. The summed E-state index contributed by atoms with van der Waals surface area (Å²) in [6.07, 6.45) is 3.38. The van der Waals surface area contributed by atoms with Gasteiger partial charge in [-0.1, -0.05) is 6.07 Å². The third-order valence-electron chi connectivity index (χ3n) is 2.21. The predicted octanol–water partition coefficient (Wildman–Crippen LogP) is 1.24. The number of pyridine rings is 1. The molecule has 0 unspecified atom stereocenters. The number of hydrogen-bond donors (Lipinski definition) is 1. The Morgan fingerprint density at radius 1 is 1.50 bits per heavy atom. The van der Waals surface area contributed by atoms with Gasteiger partial charge in [-0.25, -0.2) is 9.97 Å². The summed E-state index contributed by atoms with van der Waals surface area (Å²) in [6, 6.07) is 7.77. The Morgan fingerprint density at radius 2 is 2.38 bits per heavy atom. The largest absolute Gasteiger partial charge is 0.373 e. The van der Waals surface area contributed by atoms with Gasteiger partial charge in [0.05, 0.1) is 12.2 Å². The van der Waals surface area contributed by atoms with Crippen LogP contribution in [0.25, 0.3) is 0 Å². The molecule has 16 heavy (non-hydrogen) atoms. The molecule has 0 saturated heterocycles. The summed E-state index contributed by atoms with van der Waals surface area (Å²) in [7, 11) is 1.82. The fourth-order valence-electron chi connectivity index (χ4n) is 1.43. The van der Waals surface area contributed by atoms with E-state index in [9.17, 15) is 0 Å². The molecule has 5 nitrogen and oxygen atoms in total. The second-order valence-electron chi connectivity index (χ2n) is 3.25. The van der Waals surface area contributed by atoms with Crippen molar-refractivity contribution in [3.05, 3.63) is 42.1 Å². The Labute approximate surface area is 93.4 Å². The second kappa shape index (κ2) is 4.45. The predicted molar refractivity (Wildman–Crippen MR) is 59.8 cm³/mol. The van der Waals surface area contributed by atoms with Crippen LogP contribution in [0.2, 0.25) is 0 Å². The number of imidazole rings is 1. The van der Waals surface area contributed by atoms with E-state index in [4.69, 9.17) is 5.26 Å². The fraction of sp³-hybridized carbons (Fsp3) is 0.182. The number of nitrogens with zero attached hydrogens (tertiary/aromatic N) is 4. The monoisotopic (exact) mass is 213 g/mol. The molecular weight excluding hydrogens is 202 g/mol. The molecule has 0 atom stereocenters. The average Bonchev–Trinajstić information content (AvgIpc) is 2.76. The minimum absolute atomic E-state index is 0.400. The number of nitrogens with one attached hydrogen (secondary N) is 1. The van der Waals surface area contributed by atoms with Crippen LogP contribution in [0.4, 0.5) is 5.82 Å². The molecule has 0 saturated carbocycles. The van der Waals surface area contributed by atoms with Crippen molar-refractivity contribution in [3.8, 4) is 6.07 Å². The van der Waals surface area contributed by atoms with Crippen molar-refractivity contribution in [3.63, 3.8) is 0 Å². The van der Waals surface area contributed by atoms with Crippen LogP contribution in [0, 0.1) is 11.3 Å². The zero-order chi connectivity index (χ0) is 11.4. The zero-order valence-electron chi connectivity index (χ0n) is 8.88. The van der Waals surface area contributed by atoms with E-state index in [2.05, 4.69) is 15.3 Å². The quantitative estimate of drug-likeness (QED) is 0.833. The van der Waals surface area contributed by atoms with E-state index in [0.29, 0.717) is 12.4 Å². The van der Waals surface area contributed by atoms with Crippen molar-refractivity contribution in [1.82, 2.24) is 14.5 Å². The van der Waals surface area contributed by atoms with Crippen LogP contribution < -0.4 is 5.32 Å². The molecule has 0 fully saturated rings. The van der Waals surface area contributed by atoms with E-state index >= 15 is 0 Å². The number of rotatable bonds is 3. The van der Waals surface area contributed by atoms with Gasteiger partial charge in [0.2, 0.25) is 5.82 Å². The molecule has 80 valence electrons. The lowest BCUT2D eigenvalue weighted by molar-refractivity contribution is 0.761. The van der Waals surface area contributed by atoms with Gasteiger partial charge < -0.3 is 9.88 Å². The van der Waals surface area contributed by atoms with Crippen LogP contribution in [0.5, 0.6) is 0 Å². The number of anilines is 1. The standard InChI is InChI=1S/C11H11N5/c1-13-10-4-2-3-9(15-10)8-16-6-5-14-11(16)7-12/h2-6H,8H2,1H3,(H,13,15). The maximum atomic E-state index is 8.82. The first-order valence-corrected chi connectivity index (χ1v) is 4.88. The Morgan fingerprint density at radius 3 is 3.12 bits per heavy atom. The van der Waals surface area contributed by atoms with Gasteiger partial charge >= 0.3 is 0 Å². The van der Waals surface area contributed by atoms with Gasteiger partial charge in [0.15, 0.2) is 0 Å². The summed E-state index contributed by atoms with van der Waals surface area (Å²) in [5.41, 5.74) is 0.890. The second-order valence-corrected chi connectivity index (χ2v) is 3.25. The maximum absolute atomic E-state index is 8.82. The van der Waals surface area contributed by atoms with Gasteiger partial charge in [-0.15, -0.1) is 0 Å². The summed E-state index contributed by atoms with van der Waals surface area (Å²) in [6.45, 7) is 0.554. The van der Waals surface area contributed by atoms with Crippen LogP contribution in [0.1, 0.15) is 11.5 Å². The Kier molecular flexibility index (Phi) is 2.83. The van der Waals surface area contributed by atoms with Crippen LogP contribution in [-0.4, -0.2) is 21.6 Å². The van der Waals surface area contributed by atoms with Gasteiger partial charge in [-0.2, -0.15) is 5.26 Å². The summed E-state index contributed by atoms with van der Waals surface area (Å²) in [5, 5.41) is 11.8. The zero-order valence-corrected chi connectivity index (χ0v) is 8.88. The first-order chi connectivity index (χ1) is 7.83. The molecule has 1 N–H and O–H groups in total. The molecule has 5 heteroatoms. The molecule has 2 rings (SSSR count). The third kappa shape index (κ3) is 2.01. The van der Waals surface area contributed by atoms with E-state index < -0.39 is 0 Å². The van der Waals surface area contributed by atoms with Gasteiger partial charge in [-0.05, 0) is 12.1 Å². The highest BCUT2D eigenvalue weighted by Crippen LogP contribution is 2.06. The van der Waals surface area contributed by atoms with Crippen molar-refractivity contribution in [2.75, 3.05) is 12.4 Å². The molecule has 2 aromatic rings. The summed E-state index contributed by atoms with van der Waals surface area (Å²) in [5.74, 6) is 1.22. The highest BCUT2D eigenvalue weighted by atomic mass is 15.1. The Hall–Kier alpha value is -2.35. The fourth-order valence-corrected chi connectivity index (χ4v) is 1.43. The van der Waals surface area contributed by atoms with E-state index in [-0.39, 0.29) is 0 Å². The molecular formula is C11H11N5. The molecule has 0 aliphatic heterocycles. The van der Waals surface area contributed by atoms with Crippen LogP contribution in [0.15, 0.2) is 30.6 Å². The molecule has 0 spiro atoms. The highest BCUT2D eigenvalue weighted by Gasteiger charge is 2.03. The molecule has 0 amide bonds. The van der Waals surface area contributed by atoms with E-state index in [1.54, 1.807) is 17.0 Å². The third-order valence-corrected chi connectivity index (χ3v) is 2.21. The first kappa shape index (κ1) is 10.2. The lowest BCUT2D eigenvalue weighted by Crippen LogP contribution is -2.04. The normalized spacial score (nSPS) is 9.75. The number of hydrogen-bond acceptors (Lipinski definition) is 4. The van der Waals surface area contributed by atoms with Crippen LogP contribution >= 0.6 is 0 Å². The molecule has 0 aliphatic carbocycles. The summed E-state index contributed by atoms with van der Waals surface area (Å²) in [4.78, 5) is 8.30. The lowest BCUT2D eigenvalue weighted by atomic mass is 10.3. The van der Waals surface area contributed by atoms with Crippen molar-refractivity contribution >= 4 is 5.82 Å². The SMILES string of the molecule is CNc1cccc(Cn2ccnc2C#N)n1. The number of aromatic nitrogens is 3. The molecule has 2 heterocycles. The first-order valence-electron chi connectivity index (χ1n) is 4.88. The Balaban J connectivity index is 2.24. The van der Waals surface area contributed by atoms with Crippen molar-refractivity contribution in [1.29, 1.82) is 5.26 Å². The Bertz CT molecular complexity index is 523. The smallest absolute Gasteiger partial charge is 0.213 e. The highest BCUT2D eigenvalue weighted by molar-refractivity contribution is 5.34. The maximum Gasteiger partial charge on any atom is 0.213 e. The molecule has 2 aromatic heterocycles. The van der Waals surface area contributed by atoms with Crippen LogP contribution in [-0.2, 0) is 6.54 Å². The van der Waals surface area contributed by atoms with Gasteiger partial charge in [0.25, 0.3) is 0 Å². The average molecular weight is 213 g/mol. The van der Waals surface area contributed by atoms with Gasteiger partial charge in [-0.3, -0.25) is 0 Å². The molecule has 0 aromatic carbocycles. The summed E-state index contributed by atoms with van der Waals surface area (Å²) < 4.78 is 1.77. The van der Waals surface area contributed by atoms with E-state index in [1.807, 2.05) is 31.3 Å². The number of nitriles is 1. The van der Waals surface area contributed by atoms with Crippen molar-refractivity contribution < 1.29 is 0 Å². The van der Waals surface area contributed by atoms with E-state index in [1.165, 1.54) is 0 Å². The van der Waals surface area contributed by atoms with Gasteiger partial charge in [0, 0.05) is 19.4 Å². The van der Waals surface area contributed by atoms with Crippen molar-refractivity contribution in [2.24, 2.45) is 0 Å². The summed E-state index contributed by atoms with van der Waals surface area (Å²) >= 11 is 0. The van der Waals surface area contributed by atoms with Crippen molar-refractivity contribution in [2.45, 2.75) is 6.54 Å². The lowest BCUT2D eigenvalue weighted by Gasteiger charge is -2.05. The van der Waals surface area contributed by atoms with E-state index in [0.717, 1.165) is 11.5 Å².